The Kier molecular flexibility index (Phi) is 10.9. The molecule has 5 atom stereocenters. The van der Waals surface area contributed by atoms with Gasteiger partial charge in [0.05, 0.1) is 18.4 Å². The Bertz CT molecular complexity index is 1390. The predicted octanol–water partition coefficient (Wildman–Crippen LogP) is 1.76. The Hall–Kier alpha value is -3.40. The molecule has 0 aromatic rings. The van der Waals surface area contributed by atoms with Crippen LogP contribution in [0.15, 0.2) is 12.2 Å². The van der Waals surface area contributed by atoms with Gasteiger partial charge in [-0.05, 0) is 65.7 Å². The van der Waals surface area contributed by atoms with Crippen LogP contribution in [0.5, 0.6) is 0 Å². The van der Waals surface area contributed by atoms with Gasteiger partial charge in [-0.1, -0.05) is 31.4 Å². The number of hydrogen-bond donors (Lipinski definition) is 4. The Morgan fingerprint density at radius 3 is 2.42 bits per heavy atom. The Labute approximate surface area is 281 Å². The molecule has 5 amide bonds. The van der Waals surface area contributed by atoms with E-state index in [2.05, 4.69) is 20.7 Å². The van der Waals surface area contributed by atoms with Crippen molar-refractivity contribution < 1.29 is 46.6 Å². The first-order valence-corrected chi connectivity index (χ1v) is 18.6. The van der Waals surface area contributed by atoms with E-state index < -0.39 is 80.4 Å². The molecule has 0 bridgehead atoms. The normalized spacial score (nSPS) is 30.4. The minimum atomic E-state index is -3.90. The fourth-order valence-corrected chi connectivity index (χ4v) is 7.97. The third kappa shape index (κ3) is 9.18. The number of carbonyl (C=O) groups is 5. The molecule has 48 heavy (non-hydrogen) atoms. The van der Waals surface area contributed by atoms with Crippen molar-refractivity contribution in [3.8, 4) is 0 Å². The Morgan fingerprint density at radius 1 is 1.00 bits per heavy atom. The lowest BCUT2D eigenvalue weighted by Gasteiger charge is -2.30. The Morgan fingerprint density at radius 2 is 1.73 bits per heavy atom. The molecule has 5 unspecified atom stereocenters. The second-order valence-corrected chi connectivity index (χ2v) is 16.5. The number of fused-ring (bicyclic) bond motifs is 2. The molecule has 0 aromatic heterocycles. The van der Waals surface area contributed by atoms with E-state index in [1.165, 1.54) is 4.90 Å². The maximum absolute atomic E-state index is 14.1. The van der Waals surface area contributed by atoms with E-state index in [-0.39, 0.29) is 45.1 Å². The molecule has 1 saturated heterocycles. The van der Waals surface area contributed by atoms with Crippen LogP contribution in [0.4, 0.5) is 9.59 Å². The lowest BCUT2D eigenvalue weighted by atomic mass is 9.96. The van der Waals surface area contributed by atoms with E-state index in [1.54, 1.807) is 32.9 Å². The maximum Gasteiger partial charge on any atom is 0.408 e. The third-order valence-corrected chi connectivity index (χ3v) is 11.2. The largest absolute Gasteiger partial charge is 0.444 e. The molecule has 0 spiro atoms. The summed E-state index contributed by atoms with van der Waals surface area (Å²) < 4.78 is 44.3. The average molecular weight is 696 g/mol. The van der Waals surface area contributed by atoms with Crippen molar-refractivity contribution in [3.63, 3.8) is 0 Å². The molecule has 3 aliphatic carbocycles. The lowest BCUT2D eigenvalue weighted by molar-refractivity contribution is -0.141. The van der Waals surface area contributed by atoms with Gasteiger partial charge in [0.25, 0.3) is 5.91 Å². The van der Waals surface area contributed by atoms with Gasteiger partial charge in [0.2, 0.25) is 21.8 Å². The number of rotatable bonds is 6. The molecule has 0 radical (unpaired) electrons. The summed E-state index contributed by atoms with van der Waals surface area (Å²) in [7, 11) is -3.90. The van der Waals surface area contributed by atoms with Gasteiger partial charge in [0.1, 0.15) is 29.3 Å². The van der Waals surface area contributed by atoms with Crippen molar-refractivity contribution in [1.82, 2.24) is 25.6 Å². The number of carbonyl (C=O) groups excluding carboxylic acids is 5. The van der Waals surface area contributed by atoms with Gasteiger partial charge in [-0.25, -0.2) is 18.0 Å². The van der Waals surface area contributed by atoms with Gasteiger partial charge in [0, 0.05) is 25.0 Å². The van der Waals surface area contributed by atoms with Crippen molar-refractivity contribution in [2.24, 2.45) is 5.92 Å². The number of hydrogen-bond acceptors (Lipinski definition) is 10. The zero-order chi connectivity index (χ0) is 34.7. The van der Waals surface area contributed by atoms with Gasteiger partial charge in [0.15, 0.2) is 0 Å². The van der Waals surface area contributed by atoms with Crippen molar-refractivity contribution in [1.29, 1.82) is 0 Å². The molecule has 0 aromatic carbocycles. The maximum atomic E-state index is 14.1. The summed E-state index contributed by atoms with van der Waals surface area (Å²) in [6.45, 7) is 5.41. The highest BCUT2D eigenvalue weighted by molar-refractivity contribution is 7.91. The SMILES string of the molecule is CC(C)(C)OC(=O)NC1CCCOCC=CC2CC2(C(=O)NS(=O)(=O)C2CC2)NC(=O)C2CC(OC(=O)NC3CCCCC3)CN2C1=O. The molecule has 268 valence electrons. The van der Waals surface area contributed by atoms with Crippen LogP contribution in [0.25, 0.3) is 0 Å². The van der Waals surface area contributed by atoms with Gasteiger partial charge in [-0.15, -0.1) is 0 Å². The second-order valence-electron chi connectivity index (χ2n) is 14.5. The molecule has 5 rings (SSSR count). The number of nitrogens with one attached hydrogen (secondary N) is 4. The zero-order valence-corrected chi connectivity index (χ0v) is 28.8. The van der Waals surface area contributed by atoms with Gasteiger partial charge in [-0.3, -0.25) is 19.1 Å². The van der Waals surface area contributed by atoms with Gasteiger partial charge in [-0.2, -0.15) is 0 Å². The summed E-state index contributed by atoms with van der Waals surface area (Å²) in [5, 5.41) is 7.64. The first-order chi connectivity index (χ1) is 22.7. The van der Waals surface area contributed by atoms with Crippen LogP contribution in [0.1, 0.15) is 91.4 Å². The van der Waals surface area contributed by atoms with Crippen LogP contribution in [0, 0.1) is 5.92 Å². The molecule has 4 fully saturated rings. The smallest absolute Gasteiger partial charge is 0.408 e. The third-order valence-electron chi connectivity index (χ3n) is 9.37. The molecule has 3 saturated carbocycles. The summed E-state index contributed by atoms with van der Waals surface area (Å²) >= 11 is 0. The topological polar surface area (TPSA) is 199 Å². The van der Waals surface area contributed by atoms with Crippen LogP contribution in [-0.4, -0.2) is 104 Å². The van der Waals surface area contributed by atoms with Crippen LogP contribution >= 0.6 is 0 Å². The molecule has 4 N–H and O–H groups in total. The van der Waals surface area contributed by atoms with Crippen LogP contribution in [0.3, 0.4) is 0 Å². The number of alkyl carbamates (subject to hydrolysis) is 2. The van der Waals surface area contributed by atoms with Crippen molar-refractivity contribution in [2.75, 3.05) is 19.8 Å². The van der Waals surface area contributed by atoms with E-state index >= 15 is 0 Å². The number of nitrogens with zero attached hydrogens (tertiary/aromatic N) is 1. The predicted molar refractivity (Wildman–Crippen MR) is 172 cm³/mol. The molecule has 5 aliphatic rings. The van der Waals surface area contributed by atoms with E-state index in [9.17, 15) is 32.4 Å². The summed E-state index contributed by atoms with van der Waals surface area (Å²) in [6, 6.07) is -2.29. The molecular formula is C32H49N5O10S. The molecule has 2 aliphatic heterocycles. The van der Waals surface area contributed by atoms with Crippen molar-refractivity contribution >= 4 is 39.9 Å². The first kappa shape index (κ1) is 35.9. The van der Waals surface area contributed by atoms with E-state index in [0.29, 0.717) is 19.3 Å². The summed E-state index contributed by atoms with van der Waals surface area (Å²) in [4.78, 5) is 68.6. The quantitative estimate of drug-likeness (QED) is 0.297. The number of sulfonamides is 1. The van der Waals surface area contributed by atoms with E-state index in [4.69, 9.17) is 14.2 Å². The van der Waals surface area contributed by atoms with E-state index in [1.807, 2.05) is 0 Å². The minimum absolute atomic E-state index is 0.0159. The van der Waals surface area contributed by atoms with Crippen LogP contribution in [-0.2, 0) is 38.6 Å². The molecular weight excluding hydrogens is 646 g/mol. The van der Waals surface area contributed by atoms with Gasteiger partial charge < -0.3 is 35.1 Å². The fourth-order valence-electron chi connectivity index (χ4n) is 6.61. The Balaban J connectivity index is 1.38. The standard InChI is InChI=1S/C32H49N5O10S/c1-31(2,3)47-30(42)34-24-12-8-16-45-15-7-9-20-18-32(20,28(40)36-48(43,44)23-13-14-23)35-26(38)25-17-22(19-37(25)27(24)39)46-29(41)33-21-10-5-4-6-11-21/h7,9,20-25H,4-6,8,10-19H2,1-3H3,(H,33,41)(H,34,42)(H,35,38)(H,36,40). The van der Waals surface area contributed by atoms with Crippen molar-refractivity contribution in [3.05, 3.63) is 12.2 Å². The minimum Gasteiger partial charge on any atom is -0.444 e. The first-order valence-electron chi connectivity index (χ1n) is 17.1. The second kappa shape index (κ2) is 14.6. The van der Waals surface area contributed by atoms with E-state index in [0.717, 1.165) is 32.1 Å². The van der Waals surface area contributed by atoms with Crippen molar-refractivity contribution in [2.45, 2.75) is 132 Å². The zero-order valence-electron chi connectivity index (χ0n) is 28.0. The number of amides is 5. The molecule has 15 nitrogen and oxygen atoms in total. The molecule has 16 heteroatoms. The highest BCUT2D eigenvalue weighted by Gasteiger charge is 2.62. The van der Waals surface area contributed by atoms with Gasteiger partial charge >= 0.3 is 12.2 Å². The van der Waals surface area contributed by atoms with Crippen LogP contribution in [0.2, 0.25) is 0 Å². The summed E-state index contributed by atoms with van der Waals surface area (Å²) in [5.74, 6) is -2.64. The highest BCUT2D eigenvalue weighted by Crippen LogP contribution is 2.46. The summed E-state index contributed by atoms with van der Waals surface area (Å²) in [5.41, 5.74) is -2.39. The summed E-state index contributed by atoms with van der Waals surface area (Å²) in [6.07, 6.45) is 7.48. The lowest BCUT2D eigenvalue weighted by Crippen LogP contribution is -2.58. The van der Waals surface area contributed by atoms with Crippen LogP contribution < -0.4 is 20.7 Å². The monoisotopic (exact) mass is 695 g/mol. The fraction of sp³-hybridized carbons (Fsp3) is 0.781. The number of ether oxygens (including phenoxy) is 3. The molecule has 2 heterocycles. The average Bonchev–Trinajstić information content (AvgIpc) is 3.92. The highest BCUT2D eigenvalue weighted by atomic mass is 32.2.